The molecule has 0 aliphatic heterocycles. The van der Waals surface area contributed by atoms with Gasteiger partial charge in [-0.3, -0.25) is 5.32 Å². The molecule has 1 fully saturated rings. The van der Waals surface area contributed by atoms with Crippen molar-refractivity contribution in [1.82, 2.24) is 15.3 Å². The summed E-state index contributed by atoms with van der Waals surface area (Å²) in [6, 6.07) is 9.19. The van der Waals surface area contributed by atoms with E-state index in [0.717, 1.165) is 28.4 Å². The van der Waals surface area contributed by atoms with Crippen LogP contribution in [0.2, 0.25) is 0 Å². The van der Waals surface area contributed by atoms with Crippen LogP contribution in [0.5, 0.6) is 0 Å². The summed E-state index contributed by atoms with van der Waals surface area (Å²) in [6.07, 6.45) is 3.22. The Labute approximate surface area is 129 Å². The second-order valence-electron chi connectivity index (χ2n) is 6.02. The lowest BCUT2D eigenvalue weighted by atomic mass is 10.0. The zero-order valence-electron chi connectivity index (χ0n) is 12.4. The predicted octanol–water partition coefficient (Wildman–Crippen LogP) is 3.39. The molecular formula is C16H20N4S. The molecule has 1 saturated carbocycles. The molecule has 21 heavy (non-hydrogen) atoms. The number of aromatic nitrogens is 2. The molecule has 2 aromatic rings. The number of rotatable bonds is 6. The minimum Gasteiger partial charge on any atom is -0.333 e. The van der Waals surface area contributed by atoms with Crippen LogP contribution >= 0.6 is 11.8 Å². The molecule has 2 N–H and O–H groups in total. The van der Waals surface area contributed by atoms with Crippen LogP contribution in [0.1, 0.15) is 31.7 Å². The summed E-state index contributed by atoms with van der Waals surface area (Å²) in [4.78, 5) is 7.92. The van der Waals surface area contributed by atoms with E-state index >= 15 is 0 Å². The Bertz CT molecular complexity index is 683. The lowest BCUT2D eigenvalue weighted by Gasteiger charge is -2.22. The number of nitrogens with zero attached hydrogens (tertiary/aromatic N) is 2. The minimum absolute atomic E-state index is 0.420. The molecule has 5 heteroatoms. The number of imidazole rings is 1. The molecule has 0 saturated heterocycles. The first-order valence-corrected chi connectivity index (χ1v) is 8.35. The summed E-state index contributed by atoms with van der Waals surface area (Å²) in [7, 11) is 0. The van der Waals surface area contributed by atoms with Gasteiger partial charge in [0.15, 0.2) is 5.16 Å². The number of fused-ring (bicyclic) bond motifs is 1. The van der Waals surface area contributed by atoms with Gasteiger partial charge in [0, 0.05) is 11.8 Å². The normalized spacial score (nSPS) is 17.6. The standard InChI is InChI=1S/C16H20N4S/c1-11-3-6-13-14(9-11)19-15(18-13)21-8-7-16(2,10-17)20-12-4-5-12/h3,6,9,12,20H,4-5,7-8H2,1-2H3,(H,18,19). The quantitative estimate of drug-likeness (QED) is 0.803. The number of nitriles is 1. The minimum atomic E-state index is -0.420. The Hall–Kier alpha value is -1.51. The molecule has 0 bridgehead atoms. The van der Waals surface area contributed by atoms with Gasteiger partial charge >= 0.3 is 0 Å². The van der Waals surface area contributed by atoms with E-state index in [1.54, 1.807) is 11.8 Å². The van der Waals surface area contributed by atoms with Crippen molar-refractivity contribution in [3.05, 3.63) is 23.8 Å². The van der Waals surface area contributed by atoms with E-state index in [0.29, 0.717) is 6.04 Å². The van der Waals surface area contributed by atoms with E-state index in [9.17, 15) is 5.26 Å². The van der Waals surface area contributed by atoms with Gasteiger partial charge in [-0.2, -0.15) is 5.26 Å². The molecule has 1 unspecified atom stereocenters. The lowest BCUT2D eigenvalue weighted by Crippen LogP contribution is -2.42. The van der Waals surface area contributed by atoms with Crippen molar-refractivity contribution in [2.45, 2.75) is 49.8 Å². The number of nitrogens with one attached hydrogen (secondary N) is 2. The van der Waals surface area contributed by atoms with Crippen molar-refractivity contribution >= 4 is 22.8 Å². The molecule has 0 spiro atoms. The third-order valence-corrected chi connectivity index (χ3v) is 4.68. The predicted molar refractivity (Wildman–Crippen MR) is 86.3 cm³/mol. The molecule has 4 nitrogen and oxygen atoms in total. The highest BCUT2D eigenvalue weighted by Crippen LogP contribution is 2.26. The van der Waals surface area contributed by atoms with E-state index in [1.807, 2.05) is 13.0 Å². The van der Waals surface area contributed by atoms with Gasteiger partial charge in [-0.05, 0) is 50.8 Å². The summed E-state index contributed by atoms with van der Waals surface area (Å²) < 4.78 is 0. The van der Waals surface area contributed by atoms with Crippen molar-refractivity contribution < 1.29 is 0 Å². The third kappa shape index (κ3) is 3.58. The van der Waals surface area contributed by atoms with Crippen LogP contribution in [0.15, 0.2) is 23.4 Å². The number of thioether (sulfide) groups is 1. The molecule has 1 aromatic heterocycles. The third-order valence-electron chi connectivity index (χ3n) is 3.80. The molecule has 110 valence electrons. The highest BCUT2D eigenvalue weighted by Gasteiger charge is 2.32. The molecule has 1 atom stereocenters. The molecule has 0 amide bonds. The zero-order valence-corrected chi connectivity index (χ0v) is 13.3. The molecule has 3 rings (SSSR count). The monoisotopic (exact) mass is 300 g/mol. The van der Waals surface area contributed by atoms with Gasteiger partial charge in [0.25, 0.3) is 0 Å². The van der Waals surface area contributed by atoms with Crippen molar-refractivity contribution in [3.63, 3.8) is 0 Å². The van der Waals surface area contributed by atoms with Gasteiger partial charge in [0.1, 0.15) is 5.54 Å². The Morgan fingerprint density at radius 1 is 1.52 bits per heavy atom. The molecule has 0 radical (unpaired) electrons. The Morgan fingerprint density at radius 3 is 3.05 bits per heavy atom. The van der Waals surface area contributed by atoms with Crippen LogP contribution in [0, 0.1) is 18.3 Å². The number of aromatic amines is 1. The van der Waals surface area contributed by atoms with Gasteiger partial charge in [0.2, 0.25) is 0 Å². The number of aryl methyl sites for hydroxylation is 1. The number of hydrogen-bond acceptors (Lipinski definition) is 4. The fourth-order valence-corrected chi connectivity index (χ4v) is 3.41. The van der Waals surface area contributed by atoms with E-state index < -0.39 is 5.54 Å². The maximum atomic E-state index is 9.36. The number of H-pyrrole nitrogens is 1. The van der Waals surface area contributed by atoms with Crippen LogP contribution in [0.3, 0.4) is 0 Å². The second-order valence-corrected chi connectivity index (χ2v) is 7.11. The molecule has 1 aliphatic carbocycles. The van der Waals surface area contributed by atoms with E-state index in [1.165, 1.54) is 18.4 Å². The van der Waals surface area contributed by atoms with Crippen molar-refractivity contribution in [2.24, 2.45) is 0 Å². The number of hydrogen-bond donors (Lipinski definition) is 2. The van der Waals surface area contributed by atoms with E-state index in [2.05, 4.69) is 40.4 Å². The van der Waals surface area contributed by atoms with Crippen LogP contribution in [0.25, 0.3) is 11.0 Å². The van der Waals surface area contributed by atoms with Crippen LogP contribution in [-0.2, 0) is 0 Å². The summed E-state index contributed by atoms with van der Waals surface area (Å²) in [6.45, 7) is 4.07. The first-order chi connectivity index (χ1) is 10.1. The highest BCUT2D eigenvalue weighted by molar-refractivity contribution is 7.99. The van der Waals surface area contributed by atoms with Crippen LogP contribution in [-0.4, -0.2) is 27.3 Å². The van der Waals surface area contributed by atoms with Gasteiger partial charge in [-0.1, -0.05) is 17.8 Å². The molecule has 1 aliphatic rings. The smallest absolute Gasteiger partial charge is 0.166 e. The largest absolute Gasteiger partial charge is 0.333 e. The zero-order chi connectivity index (χ0) is 14.9. The van der Waals surface area contributed by atoms with E-state index in [4.69, 9.17) is 0 Å². The Morgan fingerprint density at radius 2 is 2.33 bits per heavy atom. The van der Waals surface area contributed by atoms with Crippen molar-refractivity contribution in [2.75, 3.05) is 5.75 Å². The summed E-state index contributed by atoms with van der Waals surface area (Å²) in [5.74, 6) is 0.878. The Balaban J connectivity index is 1.59. The van der Waals surface area contributed by atoms with Gasteiger partial charge in [-0.25, -0.2) is 4.98 Å². The van der Waals surface area contributed by atoms with Crippen LogP contribution in [0.4, 0.5) is 0 Å². The maximum Gasteiger partial charge on any atom is 0.166 e. The summed E-state index contributed by atoms with van der Waals surface area (Å²) in [5, 5.41) is 13.7. The molecule has 1 aromatic carbocycles. The molecule has 1 heterocycles. The van der Waals surface area contributed by atoms with Crippen molar-refractivity contribution in [1.29, 1.82) is 5.26 Å². The average molecular weight is 300 g/mol. The fraction of sp³-hybridized carbons (Fsp3) is 0.500. The second kappa shape index (κ2) is 5.70. The first-order valence-electron chi connectivity index (χ1n) is 7.36. The van der Waals surface area contributed by atoms with Crippen LogP contribution < -0.4 is 5.32 Å². The number of benzene rings is 1. The first kappa shape index (κ1) is 14.4. The summed E-state index contributed by atoms with van der Waals surface area (Å²) in [5.41, 5.74) is 2.89. The van der Waals surface area contributed by atoms with Gasteiger partial charge < -0.3 is 4.98 Å². The molecular weight excluding hydrogens is 280 g/mol. The fourth-order valence-electron chi connectivity index (χ4n) is 2.36. The highest BCUT2D eigenvalue weighted by atomic mass is 32.2. The van der Waals surface area contributed by atoms with Gasteiger partial charge in [-0.15, -0.1) is 0 Å². The Kier molecular flexibility index (Phi) is 3.92. The van der Waals surface area contributed by atoms with Gasteiger partial charge in [0.05, 0.1) is 17.1 Å². The van der Waals surface area contributed by atoms with Crippen molar-refractivity contribution in [3.8, 4) is 6.07 Å². The summed E-state index contributed by atoms with van der Waals surface area (Å²) >= 11 is 1.68. The average Bonchev–Trinajstić information content (AvgIpc) is 3.16. The maximum absolute atomic E-state index is 9.36. The lowest BCUT2D eigenvalue weighted by molar-refractivity contribution is 0.433. The SMILES string of the molecule is Cc1ccc2nc(SCCC(C)(C#N)NC3CC3)[nH]c2c1. The topological polar surface area (TPSA) is 64.5 Å². The van der Waals surface area contributed by atoms with E-state index in [-0.39, 0.29) is 0 Å².